The van der Waals surface area contributed by atoms with Crippen molar-refractivity contribution in [3.63, 3.8) is 0 Å². The Morgan fingerprint density at radius 1 is 1.05 bits per heavy atom. The first-order valence-electron chi connectivity index (χ1n) is 7.07. The van der Waals surface area contributed by atoms with Crippen LogP contribution in [0.3, 0.4) is 0 Å². The Balaban J connectivity index is 2.17. The lowest BCUT2D eigenvalue weighted by atomic mass is 9.97. The normalized spacial score (nSPS) is 14.5. The van der Waals surface area contributed by atoms with Crippen LogP contribution in [0.4, 0.5) is 0 Å². The SMILES string of the molecule is Cc1ccc(S(=O)(=O)NC[C@@](C)(O)c2ccccc2)cc1C. The lowest BCUT2D eigenvalue weighted by molar-refractivity contribution is 0.0627. The minimum absolute atomic E-state index is 0.0910. The molecule has 1 atom stereocenters. The molecule has 2 aromatic rings. The predicted molar refractivity (Wildman–Crippen MR) is 87.1 cm³/mol. The van der Waals surface area contributed by atoms with Gasteiger partial charge in [-0.1, -0.05) is 36.4 Å². The largest absolute Gasteiger partial charge is 0.384 e. The van der Waals surface area contributed by atoms with E-state index in [0.717, 1.165) is 11.1 Å². The molecular formula is C17H21NO3S. The molecule has 0 aliphatic rings. The van der Waals surface area contributed by atoms with Gasteiger partial charge in [-0.25, -0.2) is 13.1 Å². The zero-order valence-electron chi connectivity index (χ0n) is 13.0. The van der Waals surface area contributed by atoms with E-state index in [4.69, 9.17) is 0 Å². The number of benzene rings is 2. The predicted octanol–water partition coefficient (Wildman–Crippen LogP) is 2.49. The molecule has 2 N–H and O–H groups in total. The summed E-state index contributed by atoms with van der Waals surface area (Å²) in [5, 5.41) is 10.5. The van der Waals surface area contributed by atoms with Crippen LogP contribution in [-0.2, 0) is 15.6 Å². The van der Waals surface area contributed by atoms with Crippen molar-refractivity contribution in [3.05, 3.63) is 65.2 Å². The highest BCUT2D eigenvalue weighted by Crippen LogP contribution is 2.20. The number of aryl methyl sites for hydroxylation is 2. The summed E-state index contributed by atoms with van der Waals surface area (Å²) in [6.45, 7) is 5.30. The van der Waals surface area contributed by atoms with Gasteiger partial charge in [0, 0.05) is 6.54 Å². The van der Waals surface area contributed by atoms with Gasteiger partial charge in [0.1, 0.15) is 5.60 Å². The first kappa shape index (κ1) is 16.7. The van der Waals surface area contributed by atoms with Gasteiger partial charge in [-0.2, -0.15) is 0 Å². The molecule has 4 nitrogen and oxygen atoms in total. The Labute approximate surface area is 131 Å². The van der Waals surface area contributed by atoms with Crippen LogP contribution in [-0.4, -0.2) is 20.1 Å². The van der Waals surface area contributed by atoms with Crippen LogP contribution in [0.2, 0.25) is 0 Å². The number of hydrogen-bond donors (Lipinski definition) is 2. The van der Waals surface area contributed by atoms with E-state index in [0.29, 0.717) is 5.56 Å². The maximum absolute atomic E-state index is 12.4. The molecule has 0 amide bonds. The molecule has 0 radical (unpaired) electrons. The summed E-state index contributed by atoms with van der Waals surface area (Å²) in [6, 6.07) is 14.0. The van der Waals surface area contributed by atoms with Gasteiger partial charge in [0.05, 0.1) is 4.90 Å². The molecule has 0 bridgehead atoms. The summed E-state index contributed by atoms with van der Waals surface area (Å²) in [4.78, 5) is 0.208. The minimum atomic E-state index is -3.65. The van der Waals surface area contributed by atoms with E-state index < -0.39 is 15.6 Å². The van der Waals surface area contributed by atoms with Crippen molar-refractivity contribution in [2.45, 2.75) is 31.3 Å². The Morgan fingerprint density at radius 3 is 2.27 bits per heavy atom. The third-order valence-corrected chi connectivity index (χ3v) is 5.19. The Bertz CT molecular complexity index is 753. The molecule has 5 heteroatoms. The summed E-state index contributed by atoms with van der Waals surface area (Å²) in [5.41, 5.74) is 1.35. The highest BCUT2D eigenvalue weighted by Gasteiger charge is 2.26. The van der Waals surface area contributed by atoms with Gasteiger partial charge in [0.2, 0.25) is 10.0 Å². The molecule has 118 valence electrons. The van der Waals surface area contributed by atoms with Gasteiger partial charge in [-0.3, -0.25) is 0 Å². The monoisotopic (exact) mass is 319 g/mol. The first-order valence-corrected chi connectivity index (χ1v) is 8.55. The van der Waals surface area contributed by atoms with Crippen LogP contribution in [0.25, 0.3) is 0 Å². The maximum atomic E-state index is 12.4. The van der Waals surface area contributed by atoms with Crippen molar-refractivity contribution in [2.75, 3.05) is 6.54 Å². The second-order valence-corrected chi connectivity index (χ2v) is 7.48. The van der Waals surface area contributed by atoms with Gasteiger partial charge in [-0.15, -0.1) is 0 Å². The number of rotatable bonds is 5. The Hall–Kier alpha value is -1.69. The number of hydrogen-bond acceptors (Lipinski definition) is 3. The van der Waals surface area contributed by atoms with Gasteiger partial charge in [0.25, 0.3) is 0 Å². The average molecular weight is 319 g/mol. The van der Waals surface area contributed by atoms with Crippen LogP contribution in [0, 0.1) is 13.8 Å². The quantitative estimate of drug-likeness (QED) is 0.890. The molecular weight excluding hydrogens is 298 g/mol. The fourth-order valence-electron chi connectivity index (χ4n) is 2.10. The van der Waals surface area contributed by atoms with Crippen molar-refractivity contribution in [1.29, 1.82) is 0 Å². The van der Waals surface area contributed by atoms with Crippen molar-refractivity contribution >= 4 is 10.0 Å². The molecule has 2 aromatic carbocycles. The Morgan fingerprint density at radius 2 is 1.68 bits per heavy atom. The topological polar surface area (TPSA) is 66.4 Å². The van der Waals surface area contributed by atoms with Crippen LogP contribution in [0.1, 0.15) is 23.6 Å². The molecule has 0 aromatic heterocycles. The first-order chi connectivity index (χ1) is 10.2. The van der Waals surface area contributed by atoms with E-state index in [9.17, 15) is 13.5 Å². The fraction of sp³-hybridized carbons (Fsp3) is 0.294. The molecule has 0 fully saturated rings. The zero-order valence-corrected chi connectivity index (χ0v) is 13.8. The number of nitrogens with one attached hydrogen (secondary N) is 1. The van der Waals surface area contributed by atoms with Crippen molar-refractivity contribution < 1.29 is 13.5 Å². The van der Waals surface area contributed by atoms with E-state index in [-0.39, 0.29) is 11.4 Å². The molecule has 0 aliphatic carbocycles. The fourth-order valence-corrected chi connectivity index (χ4v) is 3.32. The Kier molecular flexibility index (Phi) is 4.70. The summed E-state index contributed by atoms with van der Waals surface area (Å²) in [7, 11) is -3.65. The van der Waals surface area contributed by atoms with Crippen LogP contribution in [0.15, 0.2) is 53.4 Å². The highest BCUT2D eigenvalue weighted by molar-refractivity contribution is 7.89. The molecule has 2 rings (SSSR count). The lowest BCUT2D eigenvalue weighted by Gasteiger charge is -2.24. The molecule has 0 heterocycles. The van der Waals surface area contributed by atoms with Crippen LogP contribution >= 0.6 is 0 Å². The molecule has 0 saturated carbocycles. The van der Waals surface area contributed by atoms with E-state index >= 15 is 0 Å². The van der Waals surface area contributed by atoms with E-state index in [1.807, 2.05) is 32.0 Å². The van der Waals surface area contributed by atoms with E-state index in [1.165, 1.54) is 0 Å². The molecule has 22 heavy (non-hydrogen) atoms. The summed E-state index contributed by atoms with van der Waals surface area (Å²) < 4.78 is 27.2. The van der Waals surface area contributed by atoms with Gasteiger partial charge >= 0.3 is 0 Å². The van der Waals surface area contributed by atoms with E-state index in [2.05, 4.69) is 4.72 Å². The third-order valence-electron chi connectivity index (χ3n) is 3.79. The minimum Gasteiger partial charge on any atom is -0.384 e. The van der Waals surface area contributed by atoms with Crippen LogP contribution < -0.4 is 4.72 Å². The third kappa shape index (κ3) is 3.74. The number of aliphatic hydroxyl groups is 1. The van der Waals surface area contributed by atoms with Crippen molar-refractivity contribution in [1.82, 2.24) is 4.72 Å². The molecule has 0 unspecified atom stereocenters. The molecule has 0 aliphatic heterocycles. The average Bonchev–Trinajstić information content (AvgIpc) is 2.49. The summed E-state index contributed by atoms with van der Waals surface area (Å²) in [5.74, 6) is 0. The number of sulfonamides is 1. The van der Waals surface area contributed by atoms with Gasteiger partial charge < -0.3 is 5.11 Å². The summed E-state index contributed by atoms with van der Waals surface area (Å²) in [6.07, 6.45) is 0. The zero-order chi connectivity index (χ0) is 16.4. The van der Waals surface area contributed by atoms with Crippen molar-refractivity contribution in [2.24, 2.45) is 0 Å². The van der Waals surface area contributed by atoms with E-state index in [1.54, 1.807) is 37.3 Å². The van der Waals surface area contributed by atoms with Crippen LogP contribution in [0.5, 0.6) is 0 Å². The van der Waals surface area contributed by atoms with Gasteiger partial charge in [-0.05, 0) is 49.6 Å². The standard InChI is InChI=1S/C17H21NO3S/c1-13-9-10-16(11-14(13)2)22(20,21)18-12-17(3,19)15-7-5-4-6-8-15/h4-11,18-19H,12H2,1-3H3/t17-/m1/s1. The lowest BCUT2D eigenvalue weighted by Crippen LogP contribution is -2.38. The second kappa shape index (κ2) is 6.20. The smallest absolute Gasteiger partial charge is 0.240 e. The highest BCUT2D eigenvalue weighted by atomic mass is 32.2. The summed E-state index contributed by atoms with van der Waals surface area (Å²) >= 11 is 0. The molecule has 0 spiro atoms. The molecule has 0 saturated heterocycles. The second-order valence-electron chi connectivity index (χ2n) is 5.71. The maximum Gasteiger partial charge on any atom is 0.240 e. The van der Waals surface area contributed by atoms with Gasteiger partial charge in [0.15, 0.2) is 0 Å². The van der Waals surface area contributed by atoms with Crippen molar-refractivity contribution in [3.8, 4) is 0 Å².